The van der Waals surface area contributed by atoms with Gasteiger partial charge in [-0.15, -0.1) is 0 Å². The number of aromatic nitrogens is 4. The number of benzene rings is 4. The van der Waals surface area contributed by atoms with Crippen molar-refractivity contribution < 1.29 is 14.2 Å². The van der Waals surface area contributed by atoms with Crippen molar-refractivity contribution in [3.63, 3.8) is 0 Å². The van der Waals surface area contributed by atoms with Gasteiger partial charge in [-0.1, -0.05) is 121 Å². The maximum atomic E-state index is 7.15. The lowest BCUT2D eigenvalue weighted by Gasteiger charge is -2.37. The molecular weight excluding hydrogens is 551 g/mol. The molecule has 4 aromatic carbocycles. The van der Waals surface area contributed by atoms with Gasteiger partial charge in [0.05, 0.1) is 25.6 Å². The van der Waals surface area contributed by atoms with E-state index >= 15 is 0 Å². The van der Waals surface area contributed by atoms with Crippen LogP contribution in [0.25, 0.3) is 11.2 Å². The highest BCUT2D eigenvalue weighted by molar-refractivity contribution is 5.81. The van der Waals surface area contributed by atoms with Crippen molar-refractivity contribution in [2.75, 3.05) is 12.3 Å². The molecule has 0 spiro atoms. The largest absolute Gasteiger partial charge is 0.382 e. The summed E-state index contributed by atoms with van der Waals surface area (Å²) in [7, 11) is 0. The zero-order valence-corrected chi connectivity index (χ0v) is 24.1. The molecule has 0 bridgehead atoms. The van der Waals surface area contributed by atoms with Gasteiger partial charge in [0, 0.05) is 6.42 Å². The van der Waals surface area contributed by atoms with Crippen LogP contribution in [-0.4, -0.2) is 38.3 Å². The number of fused-ring (bicyclic) bond motifs is 1. The van der Waals surface area contributed by atoms with E-state index in [1.54, 1.807) is 6.33 Å². The number of imidazole rings is 1. The number of nitrogen functional groups attached to an aromatic ring is 1. The smallest absolute Gasteiger partial charge is 0.167 e. The number of rotatable bonds is 10. The summed E-state index contributed by atoms with van der Waals surface area (Å²) in [6, 6.07) is 41.2. The number of hydrogen-bond acceptors (Lipinski definition) is 7. The van der Waals surface area contributed by atoms with E-state index in [0.717, 1.165) is 22.3 Å². The van der Waals surface area contributed by atoms with Crippen molar-refractivity contribution in [3.8, 4) is 0 Å². The molecule has 0 unspecified atom stereocenters. The van der Waals surface area contributed by atoms with Gasteiger partial charge in [0.1, 0.15) is 29.8 Å². The van der Waals surface area contributed by atoms with Crippen molar-refractivity contribution >= 4 is 17.0 Å². The highest BCUT2D eigenvalue weighted by Crippen LogP contribution is 2.42. The zero-order valence-electron chi connectivity index (χ0n) is 24.1. The molecule has 3 atom stereocenters. The summed E-state index contributed by atoms with van der Waals surface area (Å²) < 4.78 is 22.3. The second-order valence-corrected chi connectivity index (χ2v) is 10.9. The van der Waals surface area contributed by atoms with E-state index in [9.17, 15) is 0 Å². The molecule has 8 nitrogen and oxygen atoms in total. The summed E-state index contributed by atoms with van der Waals surface area (Å²) in [5.41, 5.74) is 10.6. The average molecular weight is 585 g/mol. The van der Waals surface area contributed by atoms with Crippen molar-refractivity contribution in [2.24, 2.45) is 0 Å². The molecule has 2 aromatic heterocycles. The summed E-state index contributed by atoms with van der Waals surface area (Å²) >= 11 is 0. The van der Waals surface area contributed by atoms with Crippen LogP contribution < -0.4 is 5.73 Å². The van der Waals surface area contributed by atoms with Crippen LogP contribution in [0, 0.1) is 0 Å². The molecule has 44 heavy (non-hydrogen) atoms. The fourth-order valence-corrected chi connectivity index (χ4v) is 6.03. The Morgan fingerprint density at radius 2 is 1.32 bits per heavy atom. The van der Waals surface area contributed by atoms with Crippen LogP contribution in [-0.2, 0) is 26.4 Å². The van der Waals surface area contributed by atoms with Crippen molar-refractivity contribution in [1.82, 2.24) is 19.5 Å². The number of nitrogens with zero attached hydrogens (tertiary/aromatic N) is 4. The first-order valence-corrected chi connectivity index (χ1v) is 14.8. The molecule has 0 amide bonds. The molecule has 1 saturated heterocycles. The molecule has 3 heterocycles. The fraction of sp³-hybridized carbons (Fsp3) is 0.194. The fourth-order valence-electron chi connectivity index (χ4n) is 6.03. The molecule has 0 aliphatic carbocycles. The number of nitrogens with two attached hydrogens (primary N) is 1. The third-order valence-corrected chi connectivity index (χ3v) is 8.19. The lowest BCUT2D eigenvalue weighted by molar-refractivity contribution is -0.105. The quantitative estimate of drug-likeness (QED) is 0.149. The predicted molar refractivity (Wildman–Crippen MR) is 168 cm³/mol. The van der Waals surface area contributed by atoms with Crippen molar-refractivity contribution in [2.45, 2.75) is 37.1 Å². The first-order valence-electron chi connectivity index (χ1n) is 14.8. The average Bonchev–Trinajstić information content (AvgIpc) is 3.71. The molecule has 7 rings (SSSR count). The first kappa shape index (κ1) is 27.9. The Bertz CT molecular complexity index is 1700. The van der Waals surface area contributed by atoms with E-state index in [4.69, 9.17) is 19.9 Å². The monoisotopic (exact) mass is 584 g/mol. The van der Waals surface area contributed by atoms with Crippen molar-refractivity contribution in [1.29, 1.82) is 0 Å². The Hall–Kier alpha value is -4.89. The molecule has 6 aromatic rings. The van der Waals surface area contributed by atoms with Crippen LogP contribution in [0.4, 0.5) is 5.82 Å². The highest BCUT2D eigenvalue weighted by Gasteiger charge is 2.43. The Balaban J connectivity index is 1.24. The van der Waals surface area contributed by atoms with Gasteiger partial charge in [-0.05, 0) is 22.3 Å². The minimum absolute atomic E-state index is 0.253. The summed E-state index contributed by atoms with van der Waals surface area (Å²) in [6.07, 6.45) is 2.74. The Morgan fingerprint density at radius 3 is 1.91 bits per heavy atom. The summed E-state index contributed by atoms with van der Waals surface area (Å²) in [6.45, 7) is 0.734. The SMILES string of the molecule is [15NH2]c1ncnc2c1ncn2[C@H]1C[C@H](OCc2ccccc2)[C@@H](COC(c2ccccc2)(c2ccccc2)c2ccccc2)O1. The van der Waals surface area contributed by atoms with Crippen LogP contribution in [0.1, 0.15) is 34.9 Å². The van der Waals surface area contributed by atoms with E-state index in [-0.39, 0.29) is 25.0 Å². The molecular formula is C36H33N5O3. The third kappa shape index (κ3) is 5.35. The second kappa shape index (κ2) is 12.4. The van der Waals surface area contributed by atoms with Crippen LogP contribution >= 0.6 is 0 Å². The van der Waals surface area contributed by atoms with Gasteiger partial charge >= 0.3 is 0 Å². The Labute approximate surface area is 256 Å². The first-order chi connectivity index (χ1) is 21.7. The van der Waals surface area contributed by atoms with Gasteiger partial charge in [0.25, 0.3) is 0 Å². The van der Waals surface area contributed by atoms with Gasteiger partial charge in [0.2, 0.25) is 0 Å². The molecule has 0 saturated carbocycles. The number of anilines is 1. The molecule has 0 radical (unpaired) electrons. The maximum Gasteiger partial charge on any atom is 0.167 e. The molecule has 8 heteroatoms. The molecule has 220 valence electrons. The van der Waals surface area contributed by atoms with Gasteiger partial charge in [-0.3, -0.25) is 4.57 Å². The van der Waals surface area contributed by atoms with Gasteiger partial charge in [-0.2, -0.15) is 0 Å². The second-order valence-electron chi connectivity index (χ2n) is 10.9. The van der Waals surface area contributed by atoms with Gasteiger partial charge < -0.3 is 19.9 Å². The minimum Gasteiger partial charge on any atom is -0.382 e. The zero-order chi connectivity index (χ0) is 29.8. The Kier molecular flexibility index (Phi) is 7.85. The standard InChI is InChI=1S/C36H33N5O3/c37-34-33-35(39-24-38-34)41(25-40-33)32-21-30(42-22-26-13-5-1-6-14-26)31(44-32)23-43-36(27-15-7-2-8-16-27,28-17-9-3-10-18-28)29-19-11-4-12-20-29/h1-20,24-25,30-32H,21-23H2,(H2,37,38,39)/t30-,31+,32+/m0/s1/i37+1. The summed E-state index contributed by atoms with van der Waals surface area (Å²) in [4.78, 5) is 13.0. The lowest BCUT2D eigenvalue weighted by atomic mass is 9.80. The van der Waals surface area contributed by atoms with E-state index < -0.39 is 5.60 Å². The molecule has 1 aliphatic rings. The van der Waals surface area contributed by atoms with Crippen LogP contribution in [0.15, 0.2) is 134 Å². The van der Waals surface area contributed by atoms with E-state index in [1.807, 2.05) is 77.4 Å². The Morgan fingerprint density at radius 1 is 0.750 bits per heavy atom. The topological polar surface area (TPSA) is 97.3 Å². The van der Waals surface area contributed by atoms with E-state index in [1.165, 1.54) is 6.33 Å². The summed E-state index contributed by atoms with van der Waals surface area (Å²) in [5, 5.41) is 0. The molecule has 2 N–H and O–H groups in total. The third-order valence-electron chi connectivity index (χ3n) is 8.19. The van der Waals surface area contributed by atoms with Crippen LogP contribution in [0.3, 0.4) is 0 Å². The van der Waals surface area contributed by atoms with Crippen LogP contribution in [0.5, 0.6) is 0 Å². The maximum absolute atomic E-state index is 7.15. The molecule has 1 fully saturated rings. The minimum atomic E-state index is -0.876. The van der Waals surface area contributed by atoms with E-state index in [0.29, 0.717) is 30.0 Å². The van der Waals surface area contributed by atoms with Crippen LogP contribution in [0.2, 0.25) is 0 Å². The van der Waals surface area contributed by atoms with Gasteiger partial charge in [0.15, 0.2) is 11.5 Å². The normalized spacial score (nSPS) is 18.5. The molecule has 1 aliphatic heterocycles. The summed E-state index contributed by atoms with van der Waals surface area (Å²) in [5.74, 6) is 0.335. The van der Waals surface area contributed by atoms with Crippen molar-refractivity contribution in [3.05, 3.63) is 156 Å². The number of ether oxygens (including phenoxy) is 3. The van der Waals surface area contributed by atoms with E-state index in [2.05, 4.69) is 63.5 Å². The highest BCUT2D eigenvalue weighted by atomic mass is 16.6. The number of hydrogen-bond donors (Lipinski definition) is 1. The lowest BCUT2D eigenvalue weighted by Crippen LogP contribution is -2.38. The predicted octanol–water partition coefficient (Wildman–Crippen LogP) is 6.29. The van der Waals surface area contributed by atoms with Gasteiger partial charge in [-0.25, -0.2) is 15.0 Å².